The van der Waals surface area contributed by atoms with Gasteiger partial charge in [0, 0.05) is 19.3 Å². The van der Waals surface area contributed by atoms with E-state index in [0.29, 0.717) is 0 Å². The number of nitrogens with one attached hydrogen (secondary N) is 2. The molecule has 0 atom stereocenters. The summed E-state index contributed by atoms with van der Waals surface area (Å²) >= 11 is 0. The van der Waals surface area contributed by atoms with Gasteiger partial charge in [-0.25, -0.2) is 13.1 Å². The molecule has 0 radical (unpaired) electrons. The van der Waals surface area contributed by atoms with Gasteiger partial charge in [-0.2, -0.15) is 0 Å². The molecular weight excluding hydrogens is 216 g/mol. The summed E-state index contributed by atoms with van der Waals surface area (Å²) in [6.07, 6.45) is 0. The van der Waals surface area contributed by atoms with Gasteiger partial charge >= 0.3 is 0 Å². The first-order chi connectivity index (χ1) is 7.10. The van der Waals surface area contributed by atoms with Crippen molar-refractivity contribution < 1.29 is 13.5 Å². The number of hydrogen-bond donors (Lipinski definition) is 3. The third-order valence-corrected chi connectivity index (χ3v) is 3.30. The van der Waals surface area contributed by atoms with Gasteiger partial charge in [-0.15, -0.1) is 0 Å². The molecule has 6 heteroatoms. The fourth-order valence-corrected chi connectivity index (χ4v) is 2.15. The van der Waals surface area contributed by atoms with Gasteiger partial charge in [0.05, 0.1) is 11.5 Å². The molecule has 0 aliphatic heterocycles. The number of benzene rings is 1. The molecule has 0 heterocycles. The van der Waals surface area contributed by atoms with E-state index in [9.17, 15) is 8.42 Å². The van der Waals surface area contributed by atoms with Crippen molar-refractivity contribution in [3.8, 4) is 0 Å². The highest BCUT2D eigenvalue weighted by atomic mass is 32.2. The molecule has 0 fully saturated rings. The van der Waals surface area contributed by atoms with Crippen LogP contribution in [0.25, 0.3) is 0 Å². The van der Waals surface area contributed by atoms with Crippen LogP contribution in [0.5, 0.6) is 0 Å². The number of sulfonamides is 1. The third kappa shape index (κ3) is 3.19. The summed E-state index contributed by atoms with van der Waals surface area (Å²) in [5.74, 6) is 0. The van der Waals surface area contributed by atoms with Gasteiger partial charge in [-0.3, -0.25) is 0 Å². The van der Waals surface area contributed by atoms with Crippen LogP contribution in [0.4, 0.5) is 5.69 Å². The van der Waals surface area contributed by atoms with Crippen LogP contribution in [0.1, 0.15) is 0 Å². The Kier molecular flexibility index (Phi) is 4.07. The second-order valence-electron chi connectivity index (χ2n) is 2.90. The molecule has 0 unspecified atom stereocenters. The van der Waals surface area contributed by atoms with Gasteiger partial charge in [0.25, 0.3) is 0 Å². The van der Waals surface area contributed by atoms with E-state index in [1.165, 1.54) is 12.1 Å². The summed E-state index contributed by atoms with van der Waals surface area (Å²) in [5, 5.41) is 11.4. The molecule has 0 amide bonds. The van der Waals surface area contributed by atoms with E-state index in [4.69, 9.17) is 5.11 Å². The average molecular weight is 230 g/mol. The molecule has 0 aliphatic rings. The van der Waals surface area contributed by atoms with Crippen LogP contribution < -0.4 is 10.0 Å². The highest BCUT2D eigenvalue weighted by Crippen LogP contribution is 2.14. The fraction of sp³-hybridized carbons (Fsp3) is 0.333. The quantitative estimate of drug-likeness (QED) is 0.665. The number of rotatable bonds is 5. The van der Waals surface area contributed by atoms with Crippen LogP contribution in [-0.4, -0.2) is 33.7 Å². The van der Waals surface area contributed by atoms with E-state index in [1.54, 1.807) is 19.2 Å². The summed E-state index contributed by atoms with van der Waals surface area (Å²) in [5.41, 5.74) is 0.724. The second kappa shape index (κ2) is 5.11. The molecule has 0 aromatic heterocycles. The highest BCUT2D eigenvalue weighted by molar-refractivity contribution is 7.89. The van der Waals surface area contributed by atoms with Crippen LogP contribution in [0.15, 0.2) is 29.2 Å². The van der Waals surface area contributed by atoms with E-state index in [0.717, 1.165) is 5.69 Å². The molecule has 0 aliphatic carbocycles. The van der Waals surface area contributed by atoms with Crippen LogP contribution in [0.2, 0.25) is 0 Å². The minimum Gasteiger partial charge on any atom is -0.395 e. The average Bonchev–Trinajstić information content (AvgIpc) is 2.26. The SMILES string of the molecule is CNc1cccc(S(=O)(=O)NCCO)c1. The zero-order chi connectivity index (χ0) is 11.3. The van der Waals surface area contributed by atoms with Gasteiger partial charge in [0.2, 0.25) is 10.0 Å². The molecule has 3 N–H and O–H groups in total. The Morgan fingerprint density at radius 1 is 1.40 bits per heavy atom. The van der Waals surface area contributed by atoms with Crippen molar-refractivity contribution in [1.29, 1.82) is 0 Å². The maximum absolute atomic E-state index is 11.6. The summed E-state index contributed by atoms with van der Waals surface area (Å²) in [6, 6.07) is 6.45. The van der Waals surface area contributed by atoms with Crippen molar-refractivity contribution in [3.05, 3.63) is 24.3 Å². The van der Waals surface area contributed by atoms with Crippen molar-refractivity contribution in [2.24, 2.45) is 0 Å². The lowest BCUT2D eigenvalue weighted by atomic mass is 10.3. The summed E-state index contributed by atoms with van der Waals surface area (Å²) < 4.78 is 25.5. The number of anilines is 1. The lowest BCUT2D eigenvalue weighted by Crippen LogP contribution is -2.26. The van der Waals surface area contributed by atoms with Crippen molar-refractivity contribution in [3.63, 3.8) is 0 Å². The fourth-order valence-electron chi connectivity index (χ4n) is 1.08. The first-order valence-corrected chi connectivity index (χ1v) is 5.97. The highest BCUT2D eigenvalue weighted by Gasteiger charge is 2.12. The van der Waals surface area contributed by atoms with Gasteiger partial charge in [0.15, 0.2) is 0 Å². The number of aliphatic hydroxyl groups excluding tert-OH is 1. The molecule has 1 rings (SSSR count). The third-order valence-electron chi connectivity index (χ3n) is 1.84. The first kappa shape index (κ1) is 12.0. The van der Waals surface area contributed by atoms with Crippen molar-refractivity contribution in [2.45, 2.75) is 4.90 Å². The van der Waals surface area contributed by atoms with E-state index >= 15 is 0 Å². The van der Waals surface area contributed by atoms with Crippen LogP contribution >= 0.6 is 0 Å². The van der Waals surface area contributed by atoms with Crippen LogP contribution in [0, 0.1) is 0 Å². The second-order valence-corrected chi connectivity index (χ2v) is 4.67. The predicted octanol–water partition coefficient (Wildman–Crippen LogP) is -0.00110. The Morgan fingerprint density at radius 3 is 2.73 bits per heavy atom. The maximum Gasteiger partial charge on any atom is 0.240 e. The van der Waals surface area contributed by atoms with Crippen LogP contribution in [0.3, 0.4) is 0 Å². The van der Waals surface area contributed by atoms with Crippen molar-refractivity contribution in [2.75, 3.05) is 25.5 Å². The Morgan fingerprint density at radius 2 is 2.13 bits per heavy atom. The lowest BCUT2D eigenvalue weighted by molar-refractivity contribution is 0.301. The van der Waals surface area contributed by atoms with Gasteiger partial charge in [0.1, 0.15) is 0 Å². The topological polar surface area (TPSA) is 78.4 Å². The lowest BCUT2D eigenvalue weighted by Gasteiger charge is -2.06. The standard InChI is InChI=1S/C9H14N2O3S/c1-10-8-3-2-4-9(7-8)15(13,14)11-5-6-12/h2-4,7,10-12H,5-6H2,1H3. The predicted molar refractivity (Wildman–Crippen MR) is 58.3 cm³/mol. The zero-order valence-corrected chi connectivity index (χ0v) is 9.21. The largest absolute Gasteiger partial charge is 0.395 e. The first-order valence-electron chi connectivity index (χ1n) is 4.48. The zero-order valence-electron chi connectivity index (χ0n) is 8.40. The molecule has 0 saturated heterocycles. The van der Waals surface area contributed by atoms with Gasteiger partial charge in [-0.05, 0) is 18.2 Å². The summed E-state index contributed by atoms with van der Waals surface area (Å²) in [4.78, 5) is 0.183. The molecule has 15 heavy (non-hydrogen) atoms. The molecule has 84 valence electrons. The Bertz CT molecular complexity index is 417. The Hall–Kier alpha value is -1.11. The normalized spacial score (nSPS) is 11.3. The van der Waals surface area contributed by atoms with E-state index in [-0.39, 0.29) is 18.0 Å². The van der Waals surface area contributed by atoms with Gasteiger partial charge in [-0.1, -0.05) is 6.07 Å². The van der Waals surface area contributed by atoms with E-state index in [1.807, 2.05) is 0 Å². The number of hydrogen-bond acceptors (Lipinski definition) is 4. The van der Waals surface area contributed by atoms with E-state index < -0.39 is 10.0 Å². The Labute approximate surface area is 89.2 Å². The minimum absolute atomic E-state index is 0.0200. The van der Waals surface area contributed by atoms with Crippen molar-refractivity contribution >= 4 is 15.7 Å². The van der Waals surface area contributed by atoms with E-state index in [2.05, 4.69) is 10.0 Å². The smallest absolute Gasteiger partial charge is 0.240 e. The monoisotopic (exact) mass is 230 g/mol. The minimum atomic E-state index is -3.51. The maximum atomic E-state index is 11.6. The molecule has 0 spiro atoms. The molecule has 0 bridgehead atoms. The summed E-state index contributed by atoms with van der Waals surface area (Å²) in [6.45, 7) is -0.197. The molecule has 5 nitrogen and oxygen atoms in total. The van der Waals surface area contributed by atoms with Crippen LogP contribution in [-0.2, 0) is 10.0 Å². The molecule has 1 aromatic rings. The summed E-state index contributed by atoms with van der Waals surface area (Å²) in [7, 11) is -1.79. The molecular formula is C9H14N2O3S. The van der Waals surface area contributed by atoms with Crippen molar-refractivity contribution in [1.82, 2.24) is 4.72 Å². The molecule has 1 aromatic carbocycles. The number of aliphatic hydroxyl groups is 1. The Balaban J connectivity index is 2.94. The van der Waals surface area contributed by atoms with Gasteiger partial charge < -0.3 is 10.4 Å². The molecule has 0 saturated carbocycles.